The molecule has 0 radical (unpaired) electrons. The van der Waals surface area contributed by atoms with Gasteiger partial charge in [-0.1, -0.05) is 12.1 Å². The lowest BCUT2D eigenvalue weighted by Crippen LogP contribution is -2.16. The SMILES string of the molecule is COc1ccc(CN(C)c2cncc(Br)c2)cc1. The summed E-state index contributed by atoms with van der Waals surface area (Å²) in [6, 6.07) is 10.1. The Kier molecular flexibility index (Phi) is 4.20. The number of benzene rings is 1. The second kappa shape index (κ2) is 5.87. The van der Waals surface area contributed by atoms with Gasteiger partial charge in [0.15, 0.2) is 0 Å². The first-order chi connectivity index (χ1) is 8.69. The van der Waals surface area contributed by atoms with Gasteiger partial charge in [0, 0.05) is 24.3 Å². The van der Waals surface area contributed by atoms with Gasteiger partial charge in [-0.15, -0.1) is 0 Å². The summed E-state index contributed by atoms with van der Waals surface area (Å²) < 4.78 is 6.13. The van der Waals surface area contributed by atoms with Gasteiger partial charge in [-0.2, -0.15) is 0 Å². The number of hydrogen-bond donors (Lipinski definition) is 0. The highest BCUT2D eigenvalue weighted by Crippen LogP contribution is 2.19. The predicted molar refractivity (Wildman–Crippen MR) is 77.0 cm³/mol. The van der Waals surface area contributed by atoms with Gasteiger partial charge in [0.2, 0.25) is 0 Å². The van der Waals surface area contributed by atoms with Crippen LogP contribution >= 0.6 is 15.9 Å². The van der Waals surface area contributed by atoms with Crippen molar-refractivity contribution in [2.45, 2.75) is 6.54 Å². The Morgan fingerprint density at radius 1 is 1.22 bits per heavy atom. The van der Waals surface area contributed by atoms with Gasteiger partial charge in [-0.05, 0) is 39.7 Å². The van der Waals surface area contributed by atoms with Gasteiger partial charge >= 0.3 is 0 Å². The first-order valence-electron chi connectivity index (χ1n) is 5.63. The Morgan fingerprint density at radius 3 is 2.56 bits per heavy atom. The zero-order chi connectivity index (χ0) is 13.0. The summed E-state index contributed by atoms with van der Waals surface area (Å²) in [6.07, 6.45) is 3.64. The van der Waals surface area contributed by atoms with Crippen LogP contribution < -0.4 is 9.64 Å². The number of halogens is 1. The fraction of sp³-hybridized carbons (Fsp3) is 0.214. The van der Waals surface area contributed by atoms with E-state index in [9.17, 15) is 0 Å². The van der Waals surface area contributed by atoms with Crippen LogP contribution in [0, 0.1) is 0 Å². The lowest BCUT2D eigenvalue weighted by Gasteiger charge is -2.19. The van der Waals surface area contributed by atoms with Crippen molar-refractivity contribution in [3.63, 3.8) is 0 Å². The summed E-state index contributed by atoms with van der Waals surface area (Å²) in [7, 11) is 3.72. The molecule has 0 saturated carbocycles. The minimum Gasteiger partial charge on any atom is -0.497 e. The highest BCUT2D eigenvalue weighted by Gasteiger charge is 2.03. The van der Waals surface area contributed by atoms with E-state index in [4.69, 9.17) is 4.74 Å². The van der Waals surface area contributed by atoms with Crippen molar-refractivity contribution in [1.82, 2.24) is 4.98 Å². The molecule has 18 heavy (non-hydrogen) atoms. The summed E-state index contributed by atoms with van der Waals surface area (Å²) in [4.78, 5) is 6.32. The number of rotatable bonds is 4. The minimum atomic E-state index is 0.835. The van der Waals surface area contributed by atoms with Crippen LogP contribution in [0.5, 0.6) is 5.75 Å². The standard InChI is InChI=1S/C14H15BrN2O/c1-17(13-7-12(15)8-16-9-13)10-11-3-5-14(18-2)6-4-11/h3-9H,10H2,1-2H3. The van der Waals surface area contributed by atoms with Gasteiger partial charge in [0.05, 0.1) is 19.0 Å². The molecule has 0 unspecified atom stereocenters. The average Bonchev–Trinajstić information content (AvgIpc) is 2.39. The van der Waals surface area contributed by atoms with Crippen molar-refractivity contribution in [3.8, 4) is 5.75 Å². The normalized spacial score (nSPS) is 10.2. The van der Waals surface area contributed by atoms with Gasteiger partial charge in [-0.25, -0.2) is 0 Å². The maximum Gasteiger partial charge on any atom is 0.118 e. The number of ether oxygens (including phenoxy) is 1. The number of nitrogens with zero attached hydrogens (tertiary/aromatic N) is 2. The van der Waals surface area contributed by atoms with Crippen LogP contribution in [0.25, 0.3) is 0 Å². The van der Waals surface area contributed by atoms with E-state index in [-0.39, 0.29) is 0 Å². The number of hydrogen-bond acceptors (Lipinski definition) is 3. The fourth-order valence-electron chi connectivity index (χ4n) is 1.71. The largest absolute Gasteiger partial charge is 0.497 e. The highest BCUT2D eigenvalue weighted by molar-refractivity contribution is 9.10. The lowest BCUT2D eigenvalue weighted by atomic mass is 10.2. The van der Waals surface area contributed by atoms with Crippen molar-refractivity contribution in [2.24, 2.45) is 0 Å². The van der Waals surface area contributed by atoms with Crippen molar-refractivity contribution in [3.05, 3.63) is 52.8 Å². The van der Waals surface area contributed by atoms with Gasteiger partial charge < -0.3 is 9.64 Å². The van der Waals surface area contributed by atoms with E-state index >= 15 is 0 Å². The Bertz CT molecular complexity index is 513. The van der Waals surface area contributed by atoms with Crippen LogP contribution in [-0.2, 0) is 6.54 Å². The topological polar surface area (TPSA) is 25.4 Å². The molecular formula is C14H15BrN2O. The first kappa shape index (κ1) is 12.9. The molecule has 2 rings (SSSR count). The van der Waals surface area contributed by atoms with E-state index < -0.39 is 0 Å². The maximum absolute atomic E-state index is 5.14. The summed E-state index contributed by atoms with van der Waals surface area (Å²) >= 11 is 3.43. The number of aromatic nitrogens is 1. The van der Waals surface area contributed by atoms with E-state index in [1.807, 2.05) is 25.4 Å². The lowest BCUT2D eigenvalue weighted by molar-refractivity contribution is 0.414. The molecule has 0 aliphatic rings. The zero-order valence-electron chi connectivity index (χ0n) is 10.4. The predicted octanol–water partition coefficient (Wildman–Crippen LogP) is 3.49. The Hall–Kier alpha value is -1.55. The van der Waals surface area contributed by atoms with Crippen LogP contribution in [0.4, 0.5) is 5.69 Å². The van der Waals surface area contributed by atoms with Crippen LogP contribution in [0.3, 0.4) is 0 Å². The molecule has 3 nitrogen and oxygen atoms in total. The Morgan fingerprint density at radius 2 is 1.94 bits per heavy atom. The third-order valence-electron chi connectivity index (χ3n) is 2.71. The molecule has 4 heteroatoms. The average molecular weight is 307 g/mol. The number of methoxy groups -OCH3 is 1. The zero-order valence-corrected chi connectivity index (χ0v) is 12.0. The molecule has 1 aromatic carbocycles. The van der Waals surface area contributed by atoms with E-state index in [2.05, 4.69) is 44.0 Å². The second-order valence-corrected chi connectivity index (χ2v) is 4.98. The van der Waals surface area contributed by atoms with Crippen LogP contribution in [0.2, 0.25) is 0 Å². The van der Waals surface area contributed by atoms with Crippen molar-refractivity contribution >= 4 is 21.6 Å². The molecule has 1 heterocycles. The van der Waals surface area contributed by atoms with Crippen molar-refractivity contribution in [1.29, 1.82) is 0 Å². The molecule has 0 saturated heterocycles. The third kappa shape index (κ3) is 3.23. The van der Waals surface area contributed by atoms with Crippen LogP contribution in [0.15, 0.2) is 47.2 Å². The van der Waals surface area contributed by atoms with Gasteiger partial charge in [0.25, 0.3) is 0 Å². The fourth-order valence-corrected chi connectivity index (χ4v) is 2.06. The molecule has 0 bridgehead atoms. The summed E-state index contributed by atoms with van der Waals surface area (Å²) in [5.41, 5.74) is 2.32. The van der Waals surface area contributed by atoms with E-state index in [1.54, 1.807) is 13.3 Å². The highest BCUT2D eigenvalue weighted by atomic mass is 79.9. The molecule has 2 aromatic rings. The monoisotopic (exact) mass is 306 g/mol. The quantitative estimate of drug-likeness (QED) is 0.864. The summed E-state index contributed by atoms with van der Waals surface area (Å²) in [5.74, 6) is 0.880. The Balaban J connectivity index is 2.08. The van der Waals surface area contributed by atoms with Gasteiger partial charge in [-0.3, -0.25) is 4.98 Å². The molecule has 0 spiro atoms. The van der Waals surface area contributed by atoms with Crippen LogP contribution in [0.1, 0.15) is 5.56 Å². The smallest absolute Gasteiger partial charge is 0.118 e. The van der Waals surface area contributed by atoms with Crippen molar-refractivity contribution in [2.75, 3.05) is 19.1 Å². The summed E-state index contributed by atoms with van der Waals surface area (Å²) in [6.45, 7) is 0.835. The molecule has 0 aliphatic carbocycles. The molecule has 0 amide bonds. The van der Waals surface area contributed by atoms with E-state index in [0.717, 1.165) is 22.5 Å². The second-order valence-electron chi connectivity index (χ2n) is 4.07. The number of pyridine rings is 1. The Labute approximate surface area is 116 Å². The van der Waals surface area contributed by atoms with Crippen molar-refractivity contribution < 1.29 is 4.74 Å². The molecule has 0 N–H and O–H groups in total. The first-order valence-corrected chi connectivity index (χ1v) is 6.43. The molecule has 94 valence electrons. The summed E-state index contributed by atoms with van der Waals surface area (Å²) in [5, 5.41) is 0. The maximum atomic E-state index is 5.14. The molecule has 0 fully saturated rings. The molecule has 1 aromatic heterocycles. The van der Waals surface area contributed by atoms with E-state index in [1.165, 1.54) is 5.56 Å². The number of anilines is 1. The molecule has 0 aliphatic heterocycles. The molecular weight excluding hydrogens is 292 g/mol. The van der Waals surface area contributed by atoms with Crippen LogP contribution in [-0.4, -0.2) is 19.1 Å². The third-order valence-corrected chi connectivity index (χ3v) is 3.14. The van der Waals surface area contributed by atoms with E-state index in [0.29, 0.717) is 0 Å². The molecule has 0 atom stereocenters. The minimum absolute atomic E-state index is 0.835. The van der Waals surface area contributed by atoms with Gasteiger partial charge in [0.1, 0.15) is 5.75 Å².